The van der Waals surface area contributed by atoms with E-state index in [-0.39, 0.29) is 0 Å². The molecule has 0 aliphatic carbocycles. The Morgan fingerprint density at radius 2 is 1.64 bits per heavy atom. The average molecular weight is 199 g/mol. The molecule has 0 bridgehead atoms. The number of hydrogen-bond acceptors (Lipinski definition) is 2. The van der Waals surface area contributed by atoms with Crippen molar-refractivity contribution in [3.63, 3.8) is 0 Å². The molecule has 0 saturated heterocycles. The van der Waals surface area contributed by atoms with E-state index in [1.54, 1.807) is 6.20 Å². The first-order chi connectivity index (χ1) is 6.77. The highest BCUT2D eigenvalue weighted by molar-refractivity contribution is 5.66. The van der Waals surface area contributed by atoms with Crippen LogP contribution in [0.15, 0.2) is 12.3 Å². The van der Waals surface area contributed by atoms with Gasteiger partial charge in [-0.05, 0) is 25.5 Å². The highest BCUT2D eigenvalue weighted by Gasteiger charge is 1.95. The number of hydrogen-bond donors (Lipinski definition) is 2. The second-order valence-electron chi connectivity index (χ2n) is 3.48. The smallest absolute Gasteiger partial charge is 0.303 e. The molecule has 3 nitrogen and oxygen atoms in total. The molecule has 0 heterocycles. The molecule has 3 N–H and O–H groups in total. The molecule has 0 unspecified atom stereocenters. The molecule has 82 valence electrons. The minimum absolute atomic E-state index is 0.315. The first-order valence-electron chi connectivity index (χ1n) is 5.36. The van der Waals surface area contributed by atoms with Crippen LogP contribution in [0.3, 0.4) is 0 Å². The van der Waals surface area contributed by atoms with E-state index in [1.165, 1.54) is 19.3 Å². The fraction of sp³-hybridized carbons (Fsp3) is 0.727. The first-order valence-corrected chi connectivity index (χ1v) is 5.36. The Labute approximate surface area is 86.0 Å². The molecule has 0 fully saturated rings. The minimum Gasteiger partial charge on any atom is -0.481 e. The summed E-state index contributed by atoms with van der Waals surface area (Å²) >= 11 is 0. The lowest BCUT2D eigenvalue weighted by Crippen LogP contribution is -1.93. The molecule has 3 heteroatoms. The van der Waals surface area contributed by atoms with Crippen LogP contribution in [0, 0.1) is 0 Å². The lowest BCUT2D eigenvalue weighted by atomic mass is 10.1. The average Bonchev–Trinajstić information content (AvgIpc) is 2.15. The summed E-state index contributed by atoms with van der Waals surface area (Å²) in [4.78, 5) is 10.2. The quantitative estimate of drug-likeness (QED) is 0.561. The number of carbonyl (C=O) groups is 1. The zero-order valence-corrected chi connectivity index (χ0v) is 8.74. The highest BCUT2D eigenvalue weighted by atomic mass is 16.4. The van der Waals surface area contributed by atoms with Gasteiger partial charge in [0.1, 0.15) is 0 Å². The second-order valence-corrected chi connectivity index (χ2v) is 3.48. The van der Waals surface area contributed by atoms with Crippen LogP contribution in [-0.4, -0.2) is 11.1 Å². The second kappa shape index (κ2) is 10.1. The topological polar surface area (TPSA) is 63.3 Å². The molecule has 0 rings (SSSR count). The normalized spacial score (nSPS) is 10.9. The zero-order valence-electron chi connectivity index (χ0n) is 8.74. The summed E-state index contributed by atoms with van der Waals surface area (Å²) in [5, 5.41) is 8.39. The van der Waals surface area contributed by atoms with Crippen molar-refractivity contribution in [3.05, 3.63) is 12.3 Å². The van der Waals surface area contributed by atoms with E-state index < -0.39 is 5.97 Å². The summed E-state index contributed by atoms with van der Waals surface area (Å²) in [5.74, 6) is -0.682. The largest absolute Gasteiger partial charge is 0.481 e. The molecule has 0 spiro atoms. The summed E-state index contributed by atoms with van der Waals surface area (Å²) in [6.45, 7) is 0. The van der Waals surface area contributed by atoms with Crippen LogP contribution in [0.5, 0.6) is 0 Å². The van der Waals surface area contributed by atoms with Gasteiger partial charge < -0.3 is 10.8 Å². The summed E-state index contributed by atoms with van der Waals surface area (Å²) in [5.41, 5.74) is 5.20. The number of allylic oxidation sites excluding steroid dienone is 1. The maximum Gasteiger partial charge on any atom is 0.303 e. The van der Waals surface area contributed by atoms with E-state index in [0.717, 1.165) is 25.7 Å². The Hall–Kier alpha value is -0.990. The van der Waals surface area contributed by atoms with E-state index in [9.17, 15) is 4.79 Å². The molecule has 0 saturated carbocycles. The predicted molar refractivity (Wildman–Crippen MR) is 57.9 cm³/mol. The summed E-state index contributed by atoms with van der Waals surface area (Å²) < 4.78 is 0. The number of carboxylic acid groups (broad SMARTS) is 1. The summed E-state index contributed by atoms with van der Waals surface area (Å²) in [6, 6.07) is 0. The fourth-order valence-electron chi connectivity index (χ4n) is 1.34. The van der Waals surface area contributed by atoms with Crippen molar-refractivity contribution in [2.24, 2.45) is 5.73 Å². The first kappa shape index (κ1) is 13.0. The highest BCUT2D eigenvalue weighted by Crippen LogP contribution is 2.08. The third kappa shape index (κ3) is 11.0. The molecule has 0 radical (unpaired) electrons. The van der Waals surface area contributed by atoms with Gasteiger partial charge in [-0.25, -0.2) is 0 Å². The monoisotopic (exact) mass is 199 g/mol. The Balaban J connectivity index is 2.95. The SMILES string of the molecule is NC=CCCCCCCCCC(=O)O. The molecule has 0 aromatic heterocycles. The number of rotatable bonds is 9. The van der Waals surface area contributed by atoms with E-state index in [0.29, 0.717) is 6.42 Å². The molecule has 0 aromatic carbocycles. The van der Waals surface area contributed by atoms with Crippen LogP contribution in [0.2, 0.25) is 0 Å². The number of nitrogens with two attached hydrogens (primary N) is 1. The molecular formula is C11H21NO2. The van der Waals surface area contributed by atoms with Gasteiger partial charge in [0.15, 0.2) is 0 Å². The van der Waals surface area contributed by atoms with Crippen molar-refractivity contribution in [3.8, 4) is 0 Å². The van der Waals surface area contributed by atoms with Crippen LogP contribution >= 0.6 is 0 Å². The Morgan fingerprint density at radius 3 is 2.21 bits per heavy atom. The molecular weight excluding hydrogens is 178 g/mol. The van der Waals surface area contributed by atoms with E-state index >= 15 is 0 Å². The van der Waals surface area contributed by atoms with Crippen molar-refractivity contribution < 1.29 is 9.90 Å². The summed E-state index contributed by atoms with van der Waals surface area (Å²) in [6.07, 6.45) is 11.6. The number of aliphatic carboxylic acids is 1. The maximum absolute atomic E-state index is 10.2. The Kier molecular flexibility index (Phi) is 9.38. The van der Waals surface area contributed by atoms with Gasteiger partial charge in [0.05, 0.1) is 0 Å². The van der Waals surface area contributed by atoms with Crippen molar-refractivity contribution in [2.75, 3.05) is 0 Å². The van der Waals surface area contributed by atoms with Gasteiger partial charge in [-0.15, -0.1) is 0 Å². The van der Waals surface area contributed by atoms with Gasteiger partial charge in [0.2, 0.25) is 0 Å². The van der Waals surface area contributed by atoms with Crippen LogP contribution < -0.4 is 5.73 Å². The lowest BCUT2D eigenvalue weighted by Gasteiger charge is -1.98. The predicted octanol–water partition coefficient (Wildman–Crippen LogP) is 2.66. The standard InChI is InChI=1S/C11H21NO2/c12-10-8-6-4-2-1-3-5-7-9-11(13)14/h8,10H,1-7,9,12H2,(H,13,14). The van der Waals surface area contributed by atoms with Gasteiger partial charge in [-0.3, -0.25) is 4.79 Å². The van der Waals surface area contributed by atoms with Crippen LogP contribution in [-0.2, 0) is 4.79 Å². The van der Waals surface area contributed by atoms with Crippen LogP contribution in [0.25, 0.3) is 0 Å². The Bertz CT molecular complexity index is 167. The van der Waals surface area contributed by atoms with Crippen molar-refractivity contribution >= 4 is 5.97 Å². The number of carboxylic acids is 1. The van der Waals surface area contributed by atoms with Gasteiger partial charge in [0, 0.05) is 6.42 Å². The van der Waals surface area contributed by atoms with Gasteiger partial charge in [-0.1, -0.05) is 31.8 Å². The molecule has 0 amide bonds. The van der Waals surface area contributed by atoms with E-state index in [2.05, 4.69) is 0 Å². The Morgan fingerprint density at radius 1 is 1.07 bits per heavy atom. The molecule has 0 aliphatic heterocycles. The summed E-state index contributed by atoms with van der Waals surface area (Å²) in [7, 11) is 0. The third-order valence-electron chi connectivity index (χ3n) is 2.15. The van der Waals surface area contributed by atoms with Crippen LogP contribution in [0.1, 0.15) is 51.4 Å². The lowest BCUT2D eigenvalue weighted by molar-refractivity contribution is -0.137. The van der Waals surface area contributed by atoms with Gasteiger partial charge >= 0.3 is 5.97 Å². The molecule has 14 heavy (non-hydrogen) atoms. The fourth-order valence-corrected chi connectivity index (χ4v) is 1.34. The van der Waals surface area contributed by atoms with Crippen molar-refractivity contribution in [2.45, 2.75) is 51.4 Å². The zero-order chi connectivity index (χ0) is 10.6. The van der Waals surface area contributed by atoms with Crippen molar-refractivity contribution in [1.82, 2.24) is 0 Å². The molecule has 0 atom stereocenters. The van der Waals surface area contributed by atoms with E-state index in [4.69, 9.17) is 10.8 Å². The van der Waals surface area contributed by atoms with E-state index in [1.807, 2.05) is 6.08 Å². The minimum atomic E-state index is -0.682. The number of unbranched alkanes of at least 4 members (excludes halogenated alkanes) is 6. The molecule has 0 aromatic rings. The molecule has 0 aliphatic rings. The van der Waals surface area contributed by atoms with Gasteiger partial charge in [-0.2, -0.15) is 0 Å². The van der Waals surface area contributed by atoms with Crippen molar-refractivity contribution in [1.29, 1.82) is 0 Å². The maximum atomic E-state index is 10.2. The van der Waals surface area contributed by atoms with Crippen LogP contribution in [0.4, 0.5) is 0 Å². The third-order valence-corrected chi connectivity index (χ3v) is 2.15. The van der Waals surface area contributed by atoms with Gasteiger partial charge in [0.25, 0.3) is 0 Å².